The summed E-state index contributed by atoms with van der Waals surface area (Å²) < 4.78 is 0. The first-order valence-electron chi connectivity index (χ1n) is 7.34. The van der Waals surface area contributed by atoms with Crippen LogP contribution in [0.4, 0.5) is 0 Å². The summed E-state index contributed by atoms with van der Waals surface area (Å²) in [6, 6.07) is 13.7. The molecule has 1 unspecified atom stereocenters. The van der Waals surface area contributed by atoms with Crippen molar-refractivity contribution in [1.29, 1.82) is 0 Å². The van der Waals surface area contributed by atoms with Gasteiger partial charge in [-0.05, 0) is 54.6 Å². The standard InChI is InChI=1S/C18H24N2/c1-14(2)17-6-4-15(5-7-17)12-18(19-3)13-16-8-10-20-11-9-16/h4-11,14,18-19H,12-13H2,1-3H3. The molecule has 0 amide bonds. The number of hydrogen-bond donors (Lipinski definition) is 1. The smallest absolute Gasteiger partial charge is 0.0270 e. The lowest BCUT2D eigenvalue weighted by molar-refractivity contribution is 0.556. The Morgan fingerprint density at radius 2 is 1.45 bits per heavy atom. The van der Waals surface area contributed by atoms with Gasteiger partial charge in [0.25, 0.3) is 0 Å². The lowest BCUT2D eigenvalue weighted by Gasteiger charge is -2.17. The molecule has 106 valence electrons. The second-order valence-corrected chi connectivity index (χ2v) is 5.65. The van der Waals surface area contributed by atoms with Crippen LogP contribution in [0.1, 0.15) is 36.5 Å². The highest BCUT2D eigenvalue weighted by atomic mass is 14.9. The minimum absolute atomic E-state index is 0.460. The molecule has 0 aliphatic carbocycles. The van der Waals surface area contributed by atoms with Crippen LogP contribution in [-0.4, -0.2) is 18.1 Å². The Morgan fingerprint density at radius 3 is 1.95 bits per heavy atom. The molecular formula is C18H24N2. The predicted molar refractivity (Wildman–Crippen MR) is 85.0 cm³/mol. The van der Waals surface area contributed by atoms with Crippen molar-refractivity contribution < 1.29 is 0 Å². The zero-order chi connectivity index (χ0) is 14.4. The molecule has 1 aromatic carbocycles. The molecule has 0 aliphatic heterocycles. The van der Waals surface area contributed by atoms with Gasteiger partial charge < -0.3 is 5.32 Å². The van der Waals surface area contributed by atoms with Crippen LogP contribution in [0.3, 0.4) is 0 Å². The average Bonchev–Trinajstić information content (AvgIpc) is 2.48. The number of benzene rings is 1. The molecule has 1 heterocycles. The number of pyridine rings is 1. The summed E-state index contributed by atoms with van der Waals surface area (Å²) in [6.07, 6.45) is 5.81. The number of rotatable bonds is 6. The monoisotopic (exact) mass is 268 g/mol. The van der Waals surface area contributed by atoms with Crippen LogP contribution in [-0.2, 0) is 12.8 Å². The lowest BCUT2D eigenvalue weighted by atomic mass is 9.96. The first-order valence-corrected chi connectivity index (χ1v) is 7.34. The zero-order valence-electron chi connectivity index (χ0n) is 12.6. The molecule has 2 rings (SSSR count). The third-order valence-corrected chi connectivity index (χ3v) is 3.77. The van der Waals surface area contributed by atoms with Crippen LogP contribution in [0.25, 0.3) is 0 Å². The number of nitrogens with one attached hydrogen (secondary N) is 1. The molecule has 2 heteroatoms. The molecule has 0 fully saturated rings. The topological polar surface area (TPSA) is 24.9 Å². The second-order valence-electron chi connectivity index (χ2n) is 5.65. The Hall–Kier alpha value is -1.67. The molecule has 0 spiro atoms. The van der Waals surface area contributed by atoms with Crippen LogP contribution in [0.2, 0.25) is 0 Å². The summed E-state index contributed by atoms with van der Waals surface area (Å²) in [6.45, 7) is 4.46. The summed E-state index contributed by atoms with van der Waals surface area (Å²) in [5, 5.41) is 3.42. The summed E-state index contributed by atoms with van der Waals surface area (Å²) in [5.41, 5.74) is 4.13. The quantitative estimate of drug-likeness (QED) is 0.866. The molecule has 1 aromatic heterocycles. The highest BCUT2D eigenvalue weighted by molar-refractivity contribution is 5.25. The first-order chi connectivity index (χ1) is 9.69. The van der Waals surface area contributed by atoms with Crippen molar-refractivity contribution in [3.8, 4) is 0 Å². The van der Waals surface area contributed by atoms with Crippen LogP contribution in [0, 0.1) is 0 Å². The Labute approximate surface area is 122 Å². The number of aromatic nitrogens is 1. The molecule has 0 saturated carbocycles. The largest absolute Gasteiger partial charge is 0.316 e. The van der Waals surface area contributed by atoms with Crippen molar-refractivity contribution in [1.82, 2.24) is 10.3 Å². The fourth-order valence-corrected chi connectivity index (χ4v) is 2.40. The van der Waals surface area contributed by atoms with E-state index >= 15 is 0 Å². The van der Waals surface area contributed by atoms with Crippen molar-refractivity contribution in [2.75, 3.05) is 7.05 Å². The van der Waals surface area contributed by atoms with E-state index in [-0.39, 0.29) is 0 Å². The lowest BCUT2D eigenvalue weighted by Crippen LogP contribution is -2.29. The molecule has 20 heavy (non-hydrogen) atoms. The van der Waals surface area contributed by atoms with Gasteiger partial charge in [0, 0.05) is 18.4 Å². The summed E-state index contributed by atoms with van der Waals surface area (Å²) in [5.74, 6) is 0.598. The third kappa shape index (κ3) is 4.17. The molecule has 2 aromatic rings. The zero-order valence-corrected chi connectivity index (χ0v) is 12.6. The van der Waals surface area contributed by atoms with Crippen LogP contribution < -0.4 is 5.32 Å². The fourth-order valence-electron chi connectivity index (χ4n) is 2.40. The van der Waals surface area contributed by atoms with E-state index in [0.717, 1.165) is 12.8 Å². The Bertz CT molecular complexity index is 503. The molecule has 2 nitrogen and oxygen atoms in total. The van der Waals surface area contributed by atoms with Gasteiger partial charge in [-0.1, -0.05) is 38.1 Å². The van der Waals surface area contributed by atoms with E-state index in [1.54, 1.807) is 0 Å². The number of hydrogen-bond acceptors (Lipinski definition) is 2. The maximum Gasteiger partial charge on any atom is 0.0270 e. The molecular weight excluding hydrogens is 244 g/mol. The molecule has 1 atom stereocenters. The molecule has 0 radical (unpaired) electrons. The third-order valence-electron chi connectivity index (χ3n) is 3.77. The van der Waals surface area contributed by atoms with Gasteiger partial charge in [0.1, 0.15) is 0 Å². The van der Waals surface area contributed by atoms with Crippen molar-refractivity contribution in [2.24, 2.45) is 0 Å². The Kier molecular flexibility index (Phi) is 5.31. The summed E-state index contributed by atoms with van der Waals surface area (Å²) in [7, 11) is 2.04. The minimum Gasteiger partial charge on any atom is -0.316 e. The normalized spacial score (nSPS) is 12.6. The van der Waals surface area contributed by atoms with Crippen molar-refractivity contribution >= 4 is 0 Å². The predicted octanol–water partition coefficient (Wildman–Crippen LogP) is 3.58. The van der Waals surface area contributed by atoms with E-state index < -0.39 is 0 Å². The molecule has 1 N–H and O–H groups in total. The van der Waals surface area contributed by atoms with Crippen LogP contribution in [0.5, 0.6) is 0 Å². The average molecular weight is 268 g/mol. The van der Waals surface area contributed by atoms with E-state index in [9.17, 15) is 0 Å². The Balaban J connectivity index is 1.99. The van der Waals surface area contributed by atoms with E-state index in [2.05, 4.69) is 60.5 Å². The van der Waals surface area contributed by atoms with Gasteiger partial charge in [-0.25, -0.2) is 0 Å². The van der Waals surface area contributed by atoms with Gasteiger partial charge in [-0.3, -0.25) is 4.98 Å². The van der Waals surface area contributed by atoms with Crippen molar-refractivity contribution in [2.45, 2.75) is 38.6 Å². The van der Waals surface area contributed by atoms with E-state index in [4.69, 9.17) is 0 Å². The van der Waals surface area contributed by atoms with E-state index in [1.807, 2.05) is 19.4 Å². The van der Waals surface area contributed by atoms with Gasteiger partial charge in [-0.2, -0.15) is 0 Å². The summed E-state index contributed by atoms with van der Waals surface area (Å²) >= 11 is 0. The van der Waals surface area contributed by atoms with E-state index in [1.165, 1.54) is 16.7 Å². The van der Waals surface area contributed by atoms with Gasteiger partial charge in [0.05, 0.1) is 0 Å². The SMILES string of the molecule is CNC(Cc1ccncc1)Cc1ccc(C(C)C)cc1. The fraction of sp³-hybridized carbons (Fsp3) is 0.389. The molecule has 0 bridgehead atoms. The number of likely N-dealkylation sites (N-methyl/N-ethyl adjacent to an activating group) is 1. The molecule has 0 aliphatic rings. The van der Waals surface area contributed by atoms with Gasteiger partial charge >= 0.3 is 0 Å². The summed E-state index contributed by atoms with van der Waals surface area (Å²) in [4.78, 5) is 4.07. The van der Waals surface area contributed by atoms with Crippen molar-refractivity contribution in [3.05, 3.63) is 65.5 Å². The van der Waals surface area contributed by atoms with Crippen LogP contribution in [0.15, 0.2) is 48.8 Å². The van der Waals surface area contributed by atoms with Gasteiger partial charge in [-0.15, -0.1) is 0 Å². The Morgan fingerprint density at radius 1 is 0.900 bits per heavy atom. The maximum atomic E-state index is 4.07. The second kappa shape index (κ2) is 7.20. The van der Waals surface area contributed by atoms with Crippen LogP contribution >= 0.6 is 0 Å². The minimum atomic E-state index is 0.460. The highest BCUT2D eigenvalue weighted by Gasteiger charge is 2.09. The first kappa shape index (κ1) is 14.7. The molecule has 0 saturated heterocycles. The van der Waals surface area contributed by atoms with E-state index in [0.29, 0.717) is 12.0 Å². The van der Waals surface area contributed by atoms with Gasteiger partial charge in [0.2, 0.25) is 0 Å². The van der Waals surface area contributed by atoms with Gasteiger partial charge in [0.15, 0.2) is 0 Å². The van der Waals surface area contributed by atoms with Crippen molar-refractivity contribution in [3.63, 3.8) is 0 Å². The highest BCUT2D eigenvalue weighted by Crippen LogP contribution is 2.16. The number of nitrogens with zero attached hydrogens (tertiary/aromatic N) is 1. The maximum absolute atomic E-state index is 4.07.